The van der Waals surface area contributed by atoms with E-state index >= 15 is 0 Å². The van der Waals surface area contributed by atoms with Crippen molar-refractivity contribution in [1.82, 2.24) is 0 Å². The molecule has 0 bridgehead atoms. The smallest absolute Gasteiger partial charge is 0.306 e. The van der Waals surface area contributed by atoms with Gasteiger partial charge < -0.3 is 14.2 Å². The largest absolute Gasteiger partial charge is 0.462 e. The van der Waals surface area contributed by atoms with Gasteiger partial charge in [0, 0.05) is 19.3 Å². The molecule has 0 amide bonds. The first kappa shape index (κ1) is 76.2. The lowest BCUT2D eigenvalue weighted by Crippen LogP contribution is -2.30. The molecule has 0 aromatic carbocycles. The average molecular weight is 1130 g/mol. The van der Waals surface area contributed by atoms with Crippen LogP contribution in [-0.2, 0) is 28.6 Å². The van der Waals surface area contributed by atoms with Crippen LogP contribution in [0.4, 0.5) is 0 Å². The maximum Gasteiger partial charge on any atom is 0.306 e. The Morgan fingerprint density at radius 2 is 0.476 bits per heavy atom. The van der Waals surface area contributed by atoms with Gasteiger partial charge in [-0.2, -0.15) is 0 Å². The van der Waals surface area contributed by atoms with E-state index in [0.717, 1.165) is 167 Å². The van der Waals surface area contributed by atoms with Gasteiger partial charge in [0.05, 0.1) is 0 Å². The number of carbonyl (C=O) groups excluding carboxylic acids is 3. The normalized spacial score (nSPS) is 13.5. The van der Waals surface area contributed by atoms with E-state index in [2.05, 4.69) is 215 Å². The molecule has 82 heavy (non-hydrogen) atoms. The second-order valence-corrected chi connectivity index (χ2v) is 20.5. The van der Waals surface area contributed by atoms with E-state index in [1.54, 1.807) is 0 Å². The fourth-order valence-corrected chi connectivity index (χ4v) is 8.02. The summed E-state index contributed by atoms with van der Waals surface area (Å²) < 4.78 is 16.8. The lowest BCUT2D eigenvalue weighted by Gasteiger charge is -2.18. The summed E-state index contributed by atoms with van der Waals surface area (Å²) in [5, 5.41) is 0. The topological polar surface area (TPSA) is 78.9 Å². The Balaban J connectivity index is 4.49. The molecule has 0 saturated heterocycles. The molecule has 0 fully saturated rings. The van der Waals surface area contributed by atoms with Gasteiger partial charge in [-0.3, -0.25) is 14.4 Å². The lowest BCUT2D eigenvalue weighted by molar-refractivity contribution is -0.167. The Bertz CT molecular complexity index is 1970. The molecule has 0 N–H and O–H groups in total. The maximum absolute atomic E-state index is 12.9. The zero-order valence-corrected chi connectivity index (χ0v) is 52.2. The number of carbonyl (C=O) groups is 3. The van der Waals surface area contributed by atoms with Crippen molar-refractivity contribution < 1.29 is 28.6 Å². The number of ether oxygens (including phenoxy) is 3. The van der Waals surface area contributed by atoms with Gasteiger partial charge in [-0.25, -0.2) is 0 Å². The van der Waals surface area contributed by atoms with Crippen LogP contribution in [0.3, 0.4) is 0 Å². The summed E-state index contributed by atoms with van der Waals surface area (Å²) in [5.74, 6) is -1.02. The molecule has 0 heterocycles. The Hall–Kier alpha value is -5.75. The molecule has 456 valence electrons. The Kier molecular flexibility index (Phi) is 63.0. The monoisotopic (exact) mass is 1120 g/mol. The Morgan fingerprint density at radius 3 is 0.793 bits per heavy atom. The molecule has 6 heteroatoms. The number of hydrogen-bond acceptors (Lipinski definition) is 6. The van der Waals surface area contributed by atoms with Crippen molar-refractivity contribution in [1.29, 1.82) is 0 Å². The zero-order chi connectivity index (χ0) is 59.2. The van der Waals surface area contributed by atoms with E-state index in [-0.39, 0.29) is 37.5 Å². The predicted octanol–water partition coefficient (Wildman–Crippen LogP) is 22.6. The first-order valence-electron chi connectivity index (χ1n) is 32.4. The molecule has 0 aliphatic heterocycles. The molecule has 0 rings (SSSR count). The van der Waals surface area contributed by atoms with Gasteiger partial charge in [-0.05, 0) is 167 Å². The van der Waals surface area contributed by atoms with Crippen LogP contribution in [0.5, 0.6) is 0 Å². The quantitative estimate of drug-likeness (QED) is 0.0261. The lowest BCUT2D eigenvalue weighted by atomic mass is 10.1. The average Bonchev–Trinajstić information content (AvgIpc) is 3.47. The molecule has 6 nitrogen and oxygen atoms in total. The van der Waals surface area contributed by atoms with Crippen LogP contribution in [0.15, 0.2) is 194 Å². The van der Waals surface area contributed by atoms with E-state index in [1.807, 2.05) is 0 Å². The van der Waals surface area contributed by atoms with E-state index < -0.39 is 6.10 Å². The van der Waals surface area contributed by atoms with Crippen molar-refractivity contribution in [2.45, 2.75) is 252 Å². The highest BCUT2D eigenvalue weighted by atomic mass is 16.6. The first-order valence-corrected chi connectivity index (χ1v) is 32.4. The minimum Gasteiger partial charge on any atom is -0.462 e. The Labute approximate surface area is 503 Å². The summed E-state index contributed by atoms with van der Waals surface area (Å²) in [6.07, 6.45) is 103. The summed E-state index contributed by atoms with van der Waals surface area (Å²) in [4.78, 5) is 38.3. The van der Waals surface area contributed by atoms with E-state index in [0.29, 0.717) is 19.3 Å². The molecule has 0 spiro atoms. The van der Waals surface area contributed by atoms with Crippen molar-refractivity contribution >= 4 is 17.9 Å². The van der Waals surface area contributed by atoms with Crippen LogP contribution in [0.25, 0.3) is 0 Å². The van der Waals surface area contributed by atoms with Gasteiger partial charge in [0.15, 0.2) is 6.10 Å². The highest BCUT2D eigenvalue weighted by molar-refractivity contribution is 5.71. The molecular formula is C76H116O6. The zero-order valence-electron chi connectivity index (χ0n) is 52.2. The molecule has 0 saturated carbocycles. The van der Waals surface area contributed by atoms with Crippen molar-refractivity contribution in [3.05, 3.63) is 194 Å². The van der Waals surface area contributed by atoms with E-state index in [9.17, 15) is 14.4 Å². The minimum atomic E-state index is -0.831. The number of rotatable bonds is 56. The summed E-state index contributed by atoms with van der Waals surface area (Å²) in [6.45, 7) is 6.30. The molecule has 0 aromatic heterocycles. The summed E-state index contributed by atoms with van der Waals surface area (Å²) in [7, 11) is 0. The number of hydrogen-bond donors (Lipinski definition) is 0. The summed E-state index contributed by atoms with van der Waals surface area (Å²) in [5.41, 5.74) is 0. The molecule has 1 atom stereocenters. The minimum absolute atomic E-state index is 0.121. The van der Waals surface area contributed by atoms with Crippen molar-refractivity contribution in [2.24, 2.45) is 0 Å². The van der Waals surface area contributed by atoms with Gasteiger partial charge in [0.1, 0.15) is 13.2 Å². The van der Waals surface area contributed by atoms with Crippen molar-refractivity contribution in [2.75, 3.05) is 13.2 Å². The number of esters is 3. The highest BCUT2D eigenvalue weighted by Gasteiger charge is 2.19. The predicted molar refractivity (Wildman–Crippen MR) is 357 cm³/mol. The number of unbranched alkanes of at least 4 members (excludes halogenated alkanes) is 13. The number of allylic oxidation sites excluding steroid dienone is 32. The van der Waals surface area contributed by atoms with Crippen LogP contribution in [-0.4, -0.2) is 37.2 Å². The van der Waals surface area contributed by atoms with Gasteiger partial charge in [0.25, 0.3) is 0 Å². The van der Waals surface area contributed by atoms with Crippen LogP contribution >= 0.6 is 0 Å². The van der Waals surface area contributed by atoms with Crippen LogP contribution in [0, 0.1) is 0 Å². The maximum atomic E-state index is 12.9. The van der Waals surface area contributed by atoms with Crippen molar-refractivity contribution in [3.63, 3.8) is 0 Å². The van der Waals surface area contributed by atoms with Gasteiger partial charge in [-0.15, -0.1) is 0 Å². The second kappa shape index (κ2) is 67.8. The first-order chi connectivity index (χ1) is 40.5. The molecule has 0 radical (unpaired) electrons. The van der Waals surface area contributed by atoms with Crippen molar-refractivity contribution in [3.8, 4) is 0 Å². The highest BCUT2D eigenvalue weighted by Crippen LogP contribution is 2.12. The van der Waals surface area contributed by atoms with E-state index in [4.69, 9.17) is 14.2 Å². The molecule has 0 aliphatic rings. The van der Waals surface area contributed by atoms with Gasteiger partial charge >= 0.3 is 17.9 Å². The van der Waals surface area contributed by atoms with Gasteiger partial charge in [-0.1, -0.05) is 254 Å². The fraction of sp³-hybridized carbons (Fsp3) is 0.539. The fourth-order valence-electron chi connectivity index (χ4n) is 8.02. The molecule has 0 aliphatic carbocycles. The van der Waals surface area contributed by atoms with Crippen LogP contribution in [0.1, 0.15) is 245 Å². The molecule has 1 unspecified atom stereocenters. The van der Waals surface area contributed by atoms with Crippen LogP contribution in [0.2, 0.25) is 0 Å². The van der Waals surface area contributed by atoms with Crippen LogP contribution < -0.4 is 0 Å². The third kappa shape index (κ3) is 65.1. The SMILES string of the molecule is CC/C=C\C/C=C\C/C=C\C/C=C\C/C=C\C/C=C\C/C=C\C/C=C\C/C=C\CCCCCC(=O)OCC(COC(=O)CCCCCCC/C=C\CCCCC)OC(=O)CCCC/C=C\C/C=C\C/C=C\C/C=C\C/C=C\C/C=C\CC. The Morgan fingerprint density at radius 1 is 0.256 bits per heavy atom. The van der Waals surface area contributed by atoms with Gasteiger partial charge in [0.2, 0.25) is 0 Å². The third-order valence-electron chi connectivity index (χ3n) is 12.8. The molecule has 0 aromatic rings. The standard InChI is InChI=1S/C76H116O6/c1-4-7-10-13-16-19-22-25-27-29-31-33-34-35-36-37-38-39-40-41-42-44-45-47-49-51-54-57-60-63-66-69-75(78)81-72-73(71-80-74(77)68-65-62-59-56-53-24-21-18-15-12-9-6-3)82-76(79)70-67-64-61-58-55-52-50-48-46-43-32-30-28-26-23-20-17-14-11-8-5-2/h7-8,10-11,16-21,25-28,31-33,35-36,38-39,41-43,45,47-48,50-51,54-55,58,73H,4-6,9,12-15,22-24,29-30,34,37,40,44,46,49,52-53,56-57,59-72H2,1-3H3/b10-7-,11-8-,19-16-,20-17-,21-18-,27-25-,28-26-,33-31-,36-35-,39-38-,42-41-,43-32-,47-45-,50-48-,54-51-,58-55-. The summed E-state index contributed by atoms with van der Waals surface area (Å²) in [6, 6.07) is 0. The molecular weight excluding hydrogens is 1010 g/mol. The second-order valence-electron chi connectivity index (χ2n) is 20.5. The van der Waals surface area contributed by atoms with E-state index in [1.165, 1.54) is 32.1 Å². The summed E-state index contributed by atoms with van der Waals surface area (Å²) >= 11 is 0. The third-order valence-corrected chi connectivity index (χ3v) is 12.8.